The first-order valence-corrected chi connectivity index (χ1v) is 4.74. The van der Waals surface area contributed by atoms with Crippen LogP contribution >= 0.6 is 12.4 Å². The molecule has 1 heterocycles. The second-order valence-corrected chi connectivity index (χ2v) is 4.21. The van der Waals surface area contributed by atoms with E-state index >= 15 is 0 Å². The van der Waals surface area contributed by atoms with E-state index in [2.05, 4.69) is 0 Å². The summed E-state index contributed by atoms with van der Waals surface area (Å²) < 4.78 is 5.67. The summed E-state index contributed by atoms with van der Waals surface area (Å²) in [5.41, 5.74) is 6.19. The molecule has 0 aromatic heterocycles. The number of hydrogen-bond acceptors (Lipinski definition) is 3. The lowest BCUT2D eigenvalue weighted by Crippen LogP contribution is -2.51. The Labute approximate surface area is 95.7 Å². The standard InChI is InChI=1S/C11H15NO2.ClH/c1-11(2)10(13)9(12)7-5-3-4-6-8(7)14-11;/h3-6,9-10,13H,12H2,1-2H3;1H/t9-,10+;/m0./s1. The molecule has 3 nitrogen and oxygen atoms in total. The van der Waals surface area contributed by atoms with Gasteiger partial charge in [0.15, 0.2) is 0 Å². The van der Waals surface area contributed by atoms with Crippen LogP contribution in [0, 0.1) is 0 Å². The SMILES string of the molecule is CC1(C)Oc2ccccc2[C@H](N)[C@H]1O.Cl. The Morgan fingerprint density at radius 2 is 1.93 bits per heavy atom. The second kappa shape index (κ2) is 4.00. The number of hydrogen-bond donors (Lipinski definition) is 2. The van der Waals surface area contributed by atoms with Crippen LogP contribution in [-0.2, 0) is 0 Å². The van der Waals surface area contributed by atoms with Gasteiger partial charge in [0.05, 0.1) is 6.04 Å². The quantitative estimate of drug-likeness (QED) is 0.711. The highest BCUT2D eigenvalue weighted by Gasteiger charge is 2.40. The van der Waals surface area contributed by atoms with Crippen molar-refractivity contribution < 1.29 is 9.84 Å². The maximum absolute atomic E-state index is 9.90. The van der Waals surface area contributed by atoms with E-state index in [9.17, 15) is 5.11 Å². The smallest absolute Gasteiger partial charge is 0.131 e. The number of para-hydroxylation sites is 1. The molecule has 3 N–H and O–H groups in total. The minimum Gasteiger partial charge on any atom is -0.485 e. The van der Waals surface area contributed by atoms with Gasteiger partial charge in [0.1, 0.15) is 17.5 Å². The first-order valence-electron chi connectivity index (χ1n) is 4.74. The van der Waals surface area contributed by atoms with Crippen LogP contribution in [0.2, 0.25) is 0 Å². The fourth-order valence-electron chi connectivity index (χ4n) is 1.80. The molecule has 0 saturated carbocycles. The number of nitrogens with two attached hydrogens (primary N) is 1. The van der Waals surface area contributed by atoms with Crippen molar-refractivity contribution in [3.8, 4) is 5.75 Å². The lowest BCUT2D eigenvalue weighted by atomic mass is 9.87. The molecule has 0 unspecified atom stereocenters. The third-order valence-electron chi connectivity index (χ3n) is 2.70. The Morgan fingerprint density at radius 3 is 2.60 bits per heavy atom. The minimum atomic E-state index is -0.669. The van der Waals surface area contributed by atoms with Crippen LogP contribution in [-0.4, -0.2) is 16.8 Å². The van der Waals surface area contributed by atoms with E-state index < -0.39 is 11.7 Å². The molecule has 1 aromatic carbocycles. The molecular weight excluding hydrogens is 214 g/mol. The summed E-state index contributed by atoms with van der Waals surface area (Å²) in [5, 5.41) is 9.90. The van der Waals surface area contributed by atoms with Crippen molar-refractivity contribution in [2.75, 3.05) is 0 Å². The number of aliphatic hydroxyl groups excluding tert-OH is 1. The second-order valence-electron chi connectivity index (χ2n) is 4.21. The first kappa shape index (κ1) is 12.3. The summed E-state index contributed by atoms with van der Waals surface area (Å²) in [7, 11) is 0. The molecule has 2 rings (SSSR count). The van der Waals surface area contributed by atoms with Crippen molar-refractivity contribution in [2.45, 2.75) is 31.6 Å². The molecule has 0 fully saturated rings. The van der Waals surface area contributed by atoms with Crippen LogP contribution in [0.25, 0.3) is 0 Å². The molecule has 0 bridgehead atoms. The predicted octanol–water partition coefficient (Wildman–Crippen LogP) is 1.64. The van der Waals surface area contributed by atoms with Crippen LogP contribution < -0.4 is 10.5 Å². The number of halogens is 1. The maximum atomic E-state index is 9.90. The van der Waals surface area contributed by atoms with Crippen molar-refractivity contribution in [1.29, 1.82) is 0 Å². The van der Waals surface area contributed by atoms with Gasteiger partial charge in [0.25, 0.3) is 0 Å². The van der Waals surface area contributed by atoms with Gasteiger partial charge in [-0.2, -0.15) is 0 Å². The van der Waals surface area contributed by atoms with Gasteiger partial charge in [-0.25, -0.2) is 0 Å². The molecule has 0 aliphatic carbocycles. The molecule has 0 radical (unpaired) electrons. The van der Waals surface area contributed by atoms with Gasteiger partial charge in [0.2, 0.25) is 0 Å². The Morgan fingerprint density at radius 1 is 1.33 bits per heavy atom. The molecule has 4 heteroatoms. The Hall–Kier alpha value is -0.770. The zero-order valence-corrected chi connectivity index (χ0v) is 9.62. The average molecular weight is 230 g/mol. The van der Waals surface area contributed by atoms with E-state index in [4.69, 9.17) is 10.5 Å². The molecule has 15 heavy (non-hydrogen) atoms. The summed E-state index contributed by atoms with van der Waals surface area (Å²) in [5.74, 6) is 0.773. The molecule has 0 spiro atoms. The highest BCUT2D eigenvalue weighted by Crippen LogP contribution is 2.37. The van der Waals surface area contributed by atoms with Crippen molar-refractivity contribution in [3.63, 3.8) is 0 Å². The topological polar surface area (TPSA) is 55.5 Å². The van der Waals surface area contributed by atoms with E-state index in [1.54, 1.807) is 0 Å². The zero-order chi connectivity index (χ0) is 10.3. The molecule has 0 saturated heterocycles. The average Bonchev–Trinajstić information content (AvgIpc) is 2.14. The number of aliphatic hydroxyl groups is 1. The van der Waals surface area contributed by atoms with Gasteiger partial charge in [-0.05, 0) is 19.9 Å². The fraction of sp³-hybridized carbons (Fsp3) is 0.455. The van der Waals surface area contributed by atoms with E-state index in [0.717, 1.165) is 11.3 Å². The molecule has 1 aliphatic heterocycles. The largest absolute Gasteiger partial charge is 0.485 e. The Balaban J connectivity index is 0.00000112. The van der Waals surface area contributed by atoms with E-state index in [0.29, 0.717) is 0 Å². The van der Waals surface area contributed by atoms with E-state index in [1.165, 1.54) is 0 Å². The molecule has 2 atom stereocenters. The van der Waals surface area contributed by atoms with Crippen LogP contribution in [0.4, 0.5) is 0 Å². The third-order valence-corrected chi connectivity index (χ3v) is 2.70. The van der Waals surface area contributed by atoms with Gasteiger partial charge >= 0.3 is 0 Å². The van der Waals surface area contributed by atoms with Crippen LogP contribution in [0.5, 0.6) is 5.75 Å². The Bertz CT molecular complexity index is 354. The number of rotatable bonds is 0. The summed E-state index contributed by atoms with van der Waals surface area (Å²) in [6, 6.07) is 7.20. The van der Waals surface area contributed by atoms with Crippen molar-refractivity contribution in [3.05, 3.63) is 29.8 Å². The summed E-state index contributed by atoms with van der Waals surface area (Å²) in [6.07, 6.45) is -0.669. The molecule has 0 amide bonds. The first-order chi connectivity index (χ1) is 6.52. The molecule has 1 aromatic rings. The predicted molar refractivity (Wildman–Crippen MR) is 61.3 cm³/mol. The van der Waals surface area contributed by atoms with Gasteiger partial charge in [-0.15, -0.1) is 12.4 Å². The zero-order valence-electron chi connectivity index (χ0n) is 8.81. The lowest BCUT2D eigenvalue weighted by Gasteiger charge is -2.40. The third kappa shape index (κ3) is 1.95. The van der Waals surface area contributed by atoms with Crippen LogP contribution in [0.15, 0.2) is 24.3 Å². The summed E-state index contributed by atoms with van der Waals surface area (Å²) >= 11 is 0. The van der Waals surface area contributed by atoms with Crippen LogP contribution in [0.1, 0.15) is 25.5 Å². The van der Waals surface area contributed by atoms with Crippen molar-refractivity contribution in [2.24, 2.45) is 5.73 Å². The van der Waals surface area contributed by atoms with Gasteiger partial charge in [-0.1, -0.05) is 18.2 Å². The van der Waals surface area contributed by atoms with Crippen molar-refractivity contribution >= 4 is 12.4 Å². The van der Waals surface area contributed by atoms with Gasteiger partial charge in [-0.3, -0.25) is 0 Å². The Kier molecular flexibility index (Phi) is 3.28. The van der Waals surface area contributed by atoms with Gasteiger partial charge < -0.3 is 15.6 Å². The summed E-state index contributed by atoms with van der Waals surface area (Å²) in [6.45, 7) is 3.68. The van der Waals surface area contributed by atoms with Crippen molar-refractivity contribution in [1.82, 2.24) is 0 Å². The highest BCUT2D eigenvalue weighted by molar-refractivity contribution is 5.85. The maximum Gasteiger partial charge on any atom is 0.131 e. The number of benzene rings is 1. The van der Waals surface area contributed by atoms with Gasteiger partial charge in [0, 0.05) is 5.56 Å². The molecule has 1 aliphatic rings. The lowest BCUT2D eigenvalue weighted by molar-refractivity contribution is -0.0571. The molecular formula is C11H16ClNO2. The minimum absolute atomic E-state index is 0. The summed E-state index contributed by atoms with van der Waals surface area (Å²) in [4.78, 5) is 0. The monoisotopic (exact) mass is 229 g/mol. The van der Waals surface area contributed by atoms with E-state index in [-0.39, 0.29) is 18.4 Å². The number of ether oxygens (including phenoxy) is 1. The number of fused-ring (bicyclic) bond motifs is 1. The highest BCUT2D eigenvalue weighted by atomic mass is 35.5. The fourth-order valence-corrected chi connectivity index (χ4v) is 1.80. The normalized spacial score (nSPS) is 27.2. The van der Waals surface area contributed by atoms with E-state index in [1.807, 2.05) is 38.1 Å². The van der Waals surface area contributed by atoms with Crippen LogP contribution in [0.3, 0.4) is 0 Å². The molecule has 84 valence electrons.